The molecule has 0 atom stereocenters. The van der Waals surface area contributed by atoms with Gasteiger partial charge in [0.1, 0.15) is 5.75 Å². The first-order chi connectivity index (χ1) is 9.35. The smallest absolute Gasteiger partial charge is 0.229 e. The molecule has 0 aliphatic rings. The van der Waals surface area contributed by atoms with Crippen LogP contribution in [0.4, 0.5) is 5.69 Å². The van der Waals surface area contributed by atoms with Gasteiger partial charge in [-0.05, 0) is 46.3 Å². The molecule has 2 aromatic rings. The fourth-order valence-electron chi connectivity index (χ4n) is 1.52. The molecule has 0 aliphatic carbocycles. The molecule has 0 unspecified atom stereocenters. The maximum atomic E-state index is 11.3. The first-order valence-electron chi connectivity index (χ1n) is 5.55. The number of rotatable bonds is 4. The number of halogens is 2. The van der Waals surface area contributed by atoms with Crippen LogP contribution in [0.25, 0.3) is 0 Å². The van der Waals surface area contributed by atoms with E-state index in [1.165, 1.54) is 0 Å². The molecule has 0 spiro atoms. The molecule has 2 rings (SSSR count). The minimum atomic E-state index is -3.36. The fourth-order valence-corrected chi connectivity index (χ4v) is 3.21. The summed E-state index contributed by atoms with van der Waals surface area (Å²) in [6, 6.07) is 12.3. The van der Waals surface area contributed by atoms with Gasteiger partial charge in [0.15, 0.2) is 5.75 Å². The van der Waals surface area contributed by atoms with E-state index >= 15 is 0 Å². The Hall–Kier alpha value is -1.05. The predicted octanol–water partition coefficient (Wildman–Crippen LogP) is 4.38. The van der Waals surface area contributed by atoms with Crippen LogP contribution in [0.1, 0.15) is 0 Å². The van der Waals surface area contributed by atoms with Gasteiger partial charge in [-0.15, -0.1) is 0 Å². The second-order valence-electron chi connectivity index (χ2n) is 4.05. The Morgan fingerprint density at radius 3 is 2.40 bits per heavy atom. The van der Waals surface area contributed by atoms with Crippen LogP contribution >= 0.6 is 31.9 Å². The summed E-state index contributed by atoms with van der Waals surface area (Å²) in [4.78, 5) is 0. The number of ether oxygens (including phenoxy) is 1. The van der Waals surface area contributed by atoms with Crippen LogP contribution in [-0.2, 0) is 10.0 Å². The molecule has 0 aliphatic heterocycles. The Morgan fingerprint density at radius 1 is 1.05 bits per heavy atom. The molecule has 7 heteroatoms. The summed E-state index contributed by atoms with van der Waals surface area (Å²) in [5.41, 5.74) is 0.393. The number of anilines is 1. The average Bonchev–Trinajstić information content (AvgIpc) is 2.33. The van der Waals surface area contributed by atoms with Gasteiger partial charge in [-0.3, -0.25) is 4.72 Å². The van der Waals surface area contributed by atoms with Gasteiger partial charge in [0.2, 0.25) is 10.0 Å². The van der Waals surface area contributed by atoms with Gasteiger partial charge >= 0.3 is 0 Å². The Balaban J connectivity index is 2.34. The lowest BCUT2D eigenvalue weighted by Crippen LogP contribution is -2.10. The minimum Gasteiger partial charge on any atom is -0.454 e. The molecule has 0 amide bonds. The van der Waals surface area contributed by atoms with Crippen molar-refractivity contribution < 1.29 is 13.2 Å². The third-order valence-electron chi connectivity index (χ3n) is 2.30. The van der Waals surface area contributed by atoms with E-state index in [2.05, 4.69) is 36.6 Å². The lowest BCUT2D eigenvalue weighted by Gasteiger charge is -2.13. The summed E-state index contributed by atoms with van der Waals surface area (Å²) in [5.74, 6) is 1.02. The quantitative estimate of drug-likeness (QED) is 0.798. The molecule has 0 saturated carbocycles. The summed E-state index contributed by atoms with van der Waals surface area (Å²) in [6.07, 6.45) is 1.10. The van der Waals surface area contributed by atoms with Crippen LogP contribution in [-0.4, -0.2) is 14.7 Å². The van der Waals surface area contributed by atoms with E-state index in [4.69, 9.17) is 4.74 Å². The van der Waals surface area contributed by atoms with Gasteiger partial charge in [0.25, 0.3) is 0 Å². The molecule has 0 heterocycles. The SMILES string of the molecule is CS(=O)(=O)Nc1ccccc1Oc1ccc(Br)cc1Br. The molecule has 2 aromatic carbocycles. The maximum absolute atomic E-state index is 11.3. The summed E-state index contributed by atoms with van der Waals surface area (Å²) >= 11 is 6.76. The van der Waals surface area contributed by atoms with E-state index in [1.807, 2.05) is 12.1 Å². The van der Waals surface area contributed by atoms with E-state index < -0.39 is 10.0 Å². The highest BCUT2D eigenvalue weighted by Crippen LogP contribution is 2.35. The number of benzene rings is 2. The summed E-state index contributed by atoms with van der Waals surface area (Å²) in [5, 5.41) is 0. The molecule has 1 N–H and O–H groups in total. The third-order valence-corrected chi connectivity index (χ3v) is 4.00. The lowest BCUT2D eigenvalue weighted by atomic mass is 10.3. The maximum Gasteiger partial charge on any atom is 0.229 e. The molecular weight excluding hydrogens is 410 g/mol. The summed E-state index contributed by atoms with van der Waals surface area (Å²) < 4.78 is 32.5. The van der Waals surface area contributed by atoms with Crippen LogP contribution in [0.5, 0.6) is 11.5 Å². The van der Waals surface area contributed by atoms with Crippen molar-refractivity contribution in [1.82, 2.24) is 0 Å². The van der Waals surface area contributed by atoms with Crippen LogP contribution in [0, 0.1) is 0 Å². The third kappa shape index (κ3) is 4.22. The average molecular weight is 421 g/mol. The zero-order valence-corrected chi connectivity index (χ0v) is 14.4. The Bertz CT molecular complexity index is 732. The molecular formula is C13H11Br2NO3S. The summed E-state index contributed by atoms with van der Waals surface area (Å²) in [6.45, 7) is 0. The summed E-state index contributed by atoms with van der Waals surface area (Å²) in [7, 11) is -3.36. The van der Waals surface area contributed by atoms with Crippen LogP contribution in [0.15, 0.2) is 51.4 Å². The van der Waals surface area contributed by atoms with Crippen molar-refractivity contribution in [3.05, 3.63) is 51.4 Å². The lowest BCUT2D eigenvalue weighted by molar-refractivity contribution is 0.481. The second kappa shape index (κ2) is 6.15. The Morgan fingerprint density at radius 2 is 1.75 bits per heavy atom. The van der Waals surface area contributed by atoms with Crippen LogP contribution in [0.3, 0.4) is 0 Å². The number of hydrogen-bond donors (Lipinski definition) is 1. The monoisotopic (exact) mass is 419 g/mol. The van der Waals surface area contributed by atoms with E-state index in [-0.39, 0.29) is 0 Å². The van der Waals surface area contributed by atoms with Gasteiger partial charge in [-0.1, -0.05) is 28.1 Å². The molecule has 4 nitrogen and oxygen atoms in total. The van der Waals surface area contributed by atoms with Crippen molar-refractivity contribution in [2.75, 3.05) is 11.0 Å². The van der Waals surface area contributed by atoms with Crippen LogP contribution in [0.2, 0.25) is 0 Å². The predicted molar refractivity (Wildman–Crippen MR) is 86.8 cm³/mol. The highest BCUT2D eigenvalue weighted by molar-refractivity contribution is 9.11. The van der Waals surface area contributed by atoms with Gasteiger partial charge in [-0.25, -0.2) is 8.42 Å². The number of hydrogen-bond acceptors (Lipinski definition) is 3. The first-order valence-corrected chi connectivity index (χ1v) is 9.02. The number of para-hydroxylation sites is 2. The van der Waals surface area contributed by atoms with Gasteiger partial charge in [0, 0.05) is 4.47 Å². The van der Waals surface area contributed by atoms with Crippen molar-refractivity contribution in [1.29, 1.82) is 0 Å². The van der Waals surface area contributed by atoms with Crippen molar-refractivity contribution >= 4 is 47.6 Å². The normalized spacial score (nSPS) is 11.2. The Kier molecular flexibility index (Phi) is 4.72. The van der Waals surface area contributed by atoms with Crippen LogP contribution < -0.4 is 9.46 Å². The number of nitrogens with one attached hydrogen (secondary N) is 1. The number of sulfonamides is 1. The van der Waals surface area contributed by atoms with Gasteiger partial charge < -0.3 is 4.74 Å². The van der Waals surface area contributed by atoms with Crippen molar-refractivity contribution in [2.45, 2.75) is 0 Å². The zero-order valence-electron chi connectivity index (χ0n) is 10.4. The second-order valence-corrected chi connectivity index (χ2v) is 7.57. The van der Waals surface area contributed by atoms with Gasteiger partial charge in [0.05, 0.1) is 16.4 Å². The molecule has 20 heavy (non-hydrogen) atoms. The van der Waals surface area contributed by atoms with Crippen molar-refractivity contribution in [3.63, 3.8) is 0 Å². The molecule has 0 aromatic heterocycles. The largest absolute Gasteiger partial charge is 0.454 e. The molecule has 0 fully saturated rings. The molecule has 0 bridgehead atoms. The topological polar surface area (TPSA) is 55.4 Å². The fraction of sp³-hybridized carbons (Fsp3) is 0.0769. The minimum absolute atomic E-state index is 0.393. The standard InChI is InChI=1S/C13H11Br2NO3S/c1-20(17,18)16-11-4-2-3-5-13(11)19-12-7-6-9(14)8-10(12)15/h2-8,16H,1H3. The van der Waals surface area contributed by atoms with E-state index in [1.54, 1.807) is 30.3 Å². The Labute approximate surface area is 134 Å². The van der Waals surface area contributed by atoms with Crippen molar-refractivity contribution in [2.24, 2.45) is 0 Å². The zero-order chi connectivity index (χ0) is 14.8. The van der Waals surface area contributed by atoms with E-state index in [0.29, 0.717) is 17.2 Å². The molecule has 0 radical (unpaired) electrons. The highest BCUT2D eigenvalue weighted by Gasteiger charge is 2.10. The first kappa shape index (κ1) is 15.3. The van der Waals surface area contributed by atoms with E-state index in [9.17, 15) is 8.42 Å². The molecule has 106 valence electrons. The molecule has 0 saturated heterocycles. The van der Waals surface area contributed by atoms with Gasteiger partial charge in [-0.2, -0.15) is 0 Å². The van der Waals surface area contributed by atoms with Crippen molar-refractivity contribution in [3.8, 4) is 11.5 Å². The van der Waals surface area contributed by atoms with E-state index in [0.717, 1.165) is 15.2 Å². The highest BCUT2D eigenvalue weighted by atomic mass is 79.9.